The number of hydrogen-bond acceptors (Lipinski definition) is 4. The van der Waals surface area contributed by atoms with E-state index >= 15 is 0 Å². The molecule has 0 spiro atoms. The molecule has 1 unspecified atom stereocenters. The smallest absolute Gasteiger partial charge is 0.244 e. The first kappa shape index (κ1) is 16.6. The molecule has 0 bridgehead atoms. The Morgan fingerprint density at radius 3 is 2.10 bits per heavy atom. The minimum Gasteiger partial charge on any atom is -0.383 e. The number of benzene rings is 1. The van der Waals surface area contributed by atoms with Crippen LogP contribution in [0, 0.1) is 6.92 Å². The van der Waals surface area contributed by atoms with Crippen molar-refractivity contribution >= 4 is 5.91 Å². The van der Waals surface area contributed by atoms with Crippen LogP contribution in [0.3, 0.4) is 0 Å². The molecule has 1 amide bonds. The number of nitrogens with two attached hydrogens (primary N) is 1. The van der Waals surface area contributed by atoms with E-state index in [1.165, 1.54) is 0 Å². The number of methoxy groups -OCH3 is 2. The van der Waals surface area contributed by atoms with Crippen LogP contribution in [-0.2, 0) is 14.3 Å². The Hall–Kier alpha value is -1.43. The molecule has 1 rings (SSSR count). The first-order valence-corrected chi connectivity index (χ1v) is 6.69. The Kier molecular flexibility index (Phi) is 7.22. The third kappa shape index (κ3) is 4.92. The quantitative estimate of drug-likeness (QED) is 0.775. The van der Waals surface area contributed by atoms with Gasteiger partial charge in [-0.15, -0.1) is 0 Å². The molecular formula is C15H24N2O3. The molecule has 1 atom stereocenters. The minimum atomic E-state index is -0.649. The molecule has 112 valence electrons. The lowest BCUT2D eigenvalue weighted by Crippen LogP contribution is -2.42. The first-order valence-electron chi connectivity index (χ1n) is 6.69. The van der Waals surface area contributed by atoms with Gasteiger partial charge in [0.2, 0.25) is 5.91 Å². The largest absolute Gasteiger partial charge is 0.383 e. The topological polar surface area (TPSA) is 64.8 Å². The molecule has 0 aliphatic heterocycles. The van der Waals surface area contributed by atoms with Crippen LogP contribution in [-0.4, -0.2) is 51.3 Å². The lowest BCUT2D eigenvalue weighted by Gasteiger charge is -2.25. The maximum absolute atomic E-state index is 12.4. The Labute approximate surface area is 120 Å². The maximum atomic E-state index is 12.4. The molecule has 0 radical (unpaired) electrons. The van der Waals surface area contributed by atoms with Crippen molar-refractivity contribution in [1.29, 1.82) is 0 Å². The van der Waals surface area contributed by atoms with Crippen LogP contribution in [0.2, 0.25) is 0 Å². The van der Waals surface area contributed by atoms with Gasteiger partial charge >= 0.3 is 0 Å². The Balaban J connectivity index is 2.73. The van der Waals surface area contributed by atoms with Gasteiger partial charge in [-0.3, -0.25) is 4.79 Å². The molecule has 0 aliphatic rings. The zero-order valence-corrected chi connectivity index (χ0v) is 12.5. The highest BCUT2D eigenvalue weighted by molar-refractivity contribution is 5.83. The third-order valence-electron chi connectivity index (χ3n) is 3.14. The molecule has 0 aromatic heterocycles. The molecule has 0 saturated heterocycles. The molecule has 0 saturated carbocycles. The molecule has 20 heavy (non-hydrogen) atoms. The summed E-state index contributed by atoms with van der Waals surface area (Å²) in [5.74, 6) is -0.108. The Bertz CT molecular complexity index is 398. The number of ether oxygens (including phenoxy) is 2. The molecule has 1 aromatic carbocycles. The molecule has 0 fully saturated rings. The van der Waals surface area contributed by atoms with Gasteiger partial charge in [-0.2, -0.15) is 0 Å². The lowest BCUT2D eigenvalue weighted by atomic mass is 10.0. The van der Waals surface area contributed by atoms with Crippen LogP contribution in [0.25, 0.3) is 0 Å². The second kappa shape index (κ2) is 8.68. The number of hydrogen-bond donors (Lipinski definition) is 1. The van der Waals surface area contributed by atoms with Crippen LogP contribution in [0.1, 0.15) is 17.2 Å². The molecule has 5 heteroatoms. The van der Waals surface area contributed by atoms with Gasteiger partial charge in [-0.05, 0) is 12.5 Å². The van der Waals surface area contributed by atoms with Crippen LogP contribution >= 0.6 is 0 Å². The van der Waals surface area contributed by atoms with E-state index in [4.69, 9.17) is 15.2 Å². The van der Waals surface area contributed by atoms with Crippen molar-refractivity contribution in [3.05, 3.63) is 35.4 Å². The van der Waals surface area contributed by atoms with Crippen molar-refractivity contribution in [2.45, 2.75) is 13.0 Å². The van der Waals surface area contributed by atoms with Crippen molar-refractivity contribution in [2.24, 2.45) is 5.73 Å². The summed E-state index contributed by atoms with van der Waals surface area (Å²) in [5.41, 5.74) is 8.02. The molecular weight excluding hydrogens is 256 g/mol. The van der Waals surface area contributed by atoms with Crippen molar-refractivity contribution < 1.29 is 14.3 Å². The predicted molar refractivity (Wildman–Crippen MR) is 78.4 cm³/mol. The van der Waals surface area contributed by atoms with E-state index in [1.54, 1.807) is 19.1 Å². The van der Waals surface area contributed by atoms with Crippen LogP contribution in [0.5, 0.6) is 0 Å². The highest BCUT2D eigenvalue weighted by Gasteiger charge is 2.22. The zero-order valence-electron chi connectivity index (χ0n) is 12.5. The van der Waals surface area contributed by atoms with Crippen LogP contribution < -0.4 is 5.73 Å². The third-order valence-corrected chi connectivity index (χ3v) is 3.14. The summed E-state index contributed by atoms with van der Waals surface area (Å²) >= 11 is 0. The number of carbonyl (C=O) groups excluding carboxylic acids is 1. The molecule has 1 aromatic rings. The van der Waals surface area contributed by atoms with E-state index in [2.05, 4.69) is 0 Å². The van der Waals surface area contributed by atoms with Crippen molar-refractivity contribution in [3.63, 3.8) is 0 Å². The SMILES string of the molecule is COCCN(CCOC)C(=O)C(N)c1ccc(C)cc1. The van der Waals surface area contributed by atoms with Crippen LogP contribution in [0.4, 0.5) is 0 Å². The second-order valence-corrected chi connectivity index (χ2v) is 4.70. The van der Waals surface area contributed by atoms with Crippen molar-refractivity contribution in [2.75, 3.05) is 40.5 Å². The van der Waals surface area contributed by atoms with Crippen LogP contribution in [0.15, 0.2) is 24.3 Å². The summed E-state index contributed by atoms with van der Waals surface area (Å²) in [4.78, 5) is 14.1. The lowest BCUT2D eigenvalue weighted by molar-refractivity contribution is -0.134. The van der Waals surface area contributed by atoms with Gasteiger partial charge in [0.15, 0.2) is 0 Å². The number of amides is 1. The number of aryl methyl sites for hydroxylation is 1. The van der Waals surface area contributed by atoms with Gasteiger partial charge < -0.3 is 20.1 Å². The number of nitrogens with zero attached hydrogens (tertiary/aromatic N) is 1. The first-order chi connectivity index (χ1) is 9.60. The van der Waals surface area contributed by atoms with Gasteiger partial charge in [0, 0.05) is 27.3 Å². The van der Waals surface area contributed by atoms with Gasteiger partial charge in [-0.1, -0.05) is 29.8 Å². The van der Waals surface area contributed by atoms with E-state index in [9.17, 15) is 4.79 Å². The molecule has 0 aliphatic carbocycles. The maximum Gasteiger partial charge on any atom is 0.244 e. The van der Waals surface area contributed by atoms with Crippen molar-refractivity contribution in [3.8, 4) is 0 Å². The predicted octanol–water partition coefficient (Wildman–Crippen LogP) is 1.12. The summed E-state index contributed by atoms with van der Waals surface area (Å²) in [6, 6.07) is 7.05. The highest BCUT2D eigenvalue weighted by Crippen LogP contribution is 2.14. The Morgan fingerprint density at radius 2 is 1.65 bits per heavy atom. The average molecular weight is 280 g/mol. The second-order valence-electron chi connectivity index (χ2n) is 4.70. The van der Waals surface area contributed by atoms with Crippen molar-refractivity contribution in [1.82, 2.24) is 4.90 Å². The Morgan fingerprint density at radius 1 is 1.15 bits per heavy atom. The zero-order chi connectivity index (χ0) is 15.0. The van der Waals surface area contributed by atoms with Gasteiger partial charge in [-0.25, -0.2) is 0 Å². The fourth-order valence-electron chi connectivity index (χ4n) is 1.85. The van der Waals surface area contributed by atoms with Gasteiger partial charge in [0.05, 0.1) is 13.2 Å². The van der Waals surface area contributed by atoms with E-state index < -0.39 is 6.04 Å². The van der Waals surface area contributed by atoms with Gasteiger partial charge in [0.25, 0.3) is 0 Å². The fourth-order valence-corrected chi connectivity index (χ4v) is 1.85. The normalized spacial score (nSPS) is 12.2. The van der Waals surface area contributed by atoms with E-state index in [-0.39, 0.29) is 5.91 Å². The summed E-state index contributed by atoms with van der Waals surface area (Å²) in [7, 11) is 3.22. The molecule has 5 nitrogen and oxygen atoms in total. The summed E-state index contributed by atoms with van der Waals surface area (Å²) in [6.07, 6.45) is 0. The van der Waals surface area contributed by atoms with E-state index in [0.717, 1.165) is 11.1 Å². The standard InChI is InChI=1S/C15H24N2O3/c1-12-4-6-13(7-5-12)14(16)15(18)17(8-10-19-2)9-11-20-3/h4-7,14H,8-11,16H2,1-3H3. The van der Waals surface area contributed by atoms with E-state index in [0.29, 0.717) is 26.3 Å². The summed E-state index contributed by atoms with van der Waals surface area (Å²) < 4.78 is 10.1. The number of rotatable bonds is 8. The fraction of sp³-hybridized carbons (Fsp3) is 0.533. The summed E-state index contributed by atoms with van der Waals surface area (Å²) in [5, 5.41) is 0. The molecule has 0 heterocycles. The van der Waals surface area contributed by atoms with Gasteiger partial charge in [0.1, 0.15) is 6.04 Å². The highest BCUT2D eigenvalue weighted by atomic mass is 16.5. The summed E-state index contributed by atoms with van der Waals surface area (Å²) in [6.45, 7) is 3.99. The molecule has 2 N–H and O–H groups in total. The van der Waals surface area contributed by atoms with E-state index in [1.807, 2.05) is 31.2 Å². The number of carbonyl (C=O) groups is 1. The average Bonchev–Trinajstić information content (AvgIpc) is 2.47. The minimum absolute atomic E-state index is 0.108. The monoisotopic (exact) mass is 280 g/mol.